The summed E-state index contributed by atoms with van der Waals surface area (Å²) in [6.45, 7) is 3.86. The third kappa shape index (κ3) is 2.59. The molecular formula is C16H18FN. The van der Waals surface area contributed by atoms with Gasteiger partial charge < -0.3 is 5.73 Å². The molecule has 0 spiro atoms. The largest absolute Gasteiger partial charge is 0.320 e. The molecule has 2 aromatic rings. The summed E-state index contributed by atoms with van der Waals surface area (Å²) in [6, 6.07) is 13.1. The van der Waals surface area contributed by atoms with E-state index in [-0.39, 0.29) is 11.9 Å². The van der Waals surface area contributed by atoms with E-state index < -0.39 is 0 Å². The molecule has 0 saturated heterocycles. The van der Waals surface area contributed by atoms with Crippen LogP contribution in [0.15, 0.2) is 42.5 Å². The molecule has 18 heavy (non-hydrogen) atoms. The minimum absolute atomic E-state index is 0.199. The van der Waals surface area contributed by atoms with Gasteiger partial charge in [-0.3, -0.25) is 0 Å². The van der Waals surface area contributed by atoms with Crippen molar-refractivity contribution >= 4 is 0 Å². The molecule has 0 amide bonds. The summed E-state index contributed by atoms with van der Waals surface area (Å²) in [6.07, 6.45) is 0.975. The normalized spacial score (nSPS) is 12.4. The fourth-order valence-corrected chi connectivity index (χ4v) is 2.00. The summed E-state index contributed by atoms with van der Waals surface area (Å²) in [5.41, 5.74) is 9.92. The van der Waals surface area contributed by atoms with Gasteiger partial charge >= 0.3 is 0 Å². The number of rotatable bonds is 3. The molecule has 0 aromatic heterocycles. The van der Waals surface area contributed by atoms with Crippen molar-refractivity contribution in [2.24, 2.45) is 5.73 Å². The van der Waals surface area contributed by atoms with Crippen LogP contribution in [-0.2, 0) is 6.42 Å². The van der Waals surface area contributed by atoms with Gasteiger partial charge in [-0.25, -0.2) is 4.39 Å². The van der Waals surface area contributed by atoms with Gasteiger partial charge in [0.2, 0.25) is 0 Å². The van der Waals surface area contributed by atoms with E-state index in [9.17, 15) is 4.39 Å². The molecule has 0 aliphatic rings. The number of benzene rings is 2. The van der Waals surface area contributed by atoms with Gasteiger partial charge in [-0.15, -0.1) is 0 Å². The number of nitrogens with two attached hydrogens (primary N) is 1. The van der Waals surface area contributed by atoms with Crippen LogP contribution >= 0.6 is 0 Å². The fraction of sp³-hybridized carbons (Fsp3) is 0.250. The summed E-state index contributed by atoms with van der Waals surface area (Å²) in [4.78, 5) is 0. The molecule has 0 heterocycles. The van der Waals surface area contributed by atoms with Crippen molar-refractivity contribution in [2.45, 2.75) is 26.3 Å². The first-order chi connectivity index (χ1) is 8.61. The van der Waals surface area contributed by atoms with Gasteiger partial charge in [-0.05, 0) is 41.7 Å². The lowest BCUT2D eigenvalue weighted by atomic mass is 9.96. The Bertz CT molecular complexity index is 549. The molecule has 0 saturated carbocycles. The van der Waals surface area contributed by atoms with Crippen molar-refractivity contribution in [2.75, 3.05) is 0 Å². The lowest BCUT2D eigenvalue weighted by Gasteiger charge is -2.14. The second-order valence-corrected chi connectivity index (χ2v) is 4.58. The molecule has 94 valence electrons. The second kappa shape index (κ2) is 5.32. The van der Waals surface area contributed by atoms with E-state index in [1.54, 1.807) is 13.0 Å². The molecule has 1 unspecified atom stereocenters. The van der Waals surface area contributed by atoms with E-state index in [0.717, 1.165) is 17.5 Å². The van der Waals surface area contributed by atoms with Crippen molar-refractivity contribution < 1.29 is 4.39 Å². The first-order valence-corrected chi connectivity index (χ1v) is 6.22. The zero-order chi connectivity index (χ0) is 13.1. The van der Waals surface area contributed by atoms with Crippen LogP contribution in [0.4, 0.5) is 4.39 Å². The van der Waals surface area contributed by atoms with Crippen LogP contribution in [0.25, 0.3) is 0 Å². The van der Waals surface area contributed by atoms with Crippen LogP contribution < -0.4 is 5.73 Å². The Morgan fingerprint density at radius 3 is 2.50 bits per heavy atom. The Hall–Kier alpha value is -1.67. The average Bonchev–Trinajstić information content (AvgIpc) is 2.41. The van der Waals surface area contributed by atoms with Gasteiger partial charge in [0, 0.05) is 0 Å². The smallest absolute Gasteiger partial charge is 0.126 e. The summed E-state index contributed by atoms with van der Waals surface area (Å²) >= 11 is 0. The number of halogens is 1. The van der Waals surface area contributed by atoms with Crippen molar-refractivity contribution in [3.05, 3.63) is 70.5 Å². The van der Waals surface area contributed by atoms with Crippen molar-refractivity contribution in [1.82, 2.24) is 0 Å². The van der Waals surface area contributed by atoms with Crippen LogP contribution in [-0.4, -0.2) is 0 Å². The highest BCUT2D eigenvalue weighted by Gasteiger charge is 2.10. The minimum atomic E-state index is -0.272. The van der Waals surface area contributed by atoms with Gasteiger partial charge in [0.1, 0.15) is 5.82 Å². The molecule has 0 bridgehead atoms. The SMILES string of the molecule is CCc1cccc(C(N)c2ccc(C)c(F)c2)c1. The van der Waals surface area contributed by atoms with Crippen LogP contribution in [0.3, 0.4) is 0 Å². The average molecular weight is 243 g/mol. The molecule has 1 atom stereocenters. The Morgan fingerprint density at radius 2 is 1.83 bits per heavy atom. The summed E-state index contributed by atoms with van der Waals surface area (Å²) < 4.78 is 13.5. The second-order valence-electron chi connectivity index (χ2n) is 4.58. The highest BCUT2D eigenvalue weighted by molar-refractivity contribution is 5.35. The quantitative estimate of drug-likeness (QED) is 0.873. The first kappa shape index (κ1) is 12.8. The Morgan fingerprint density at radius 1 is 1.11 bits per heavy atom. The number of aryl methyl sites for hydroxylation is 2. The topological polar surface area (TPSA) is 26.0 Å². The molecule has 1 nitrogen and oxygen atoms in total. The summed E-state index contributed by atoms with van der Waals surface area (Å²) in [5.74, 6) is -0.199. The Kier molecular flexibility index (Phi) is 3.78. The van der Waals surface area contributed by atoms with Crippen molar-refractivity contribution in [3.8, 4) is 0 Å². The molecule has 2 rings (SSSR count). The highest BCUT2D eigenvalue weighted by Crippen LogP contribution is 2.22. The number of hydrogen-bond acceptors (Lipinski definition) is 1. The summed E-state index contributed by atoms with van der Waals surface area (Å²) in [7, 11) is 0. The van der Waals surface area contributed by atoms with Gasteiger partial charge in [0.15, 0.2) is 0 Å². The van der Waals surface area contributed by atoms with E-state index in [2.05, 4.69) is 19.1 Å². The third-order valence-corrected chi connectivity index (χ3v) is 3.27. The van der Waals surface area contributed by atoms with Crippen LogP contribution in [0.5, 0.6) is 0 Å². The van der Waals surface area contributed by atoms with Gasteiger partial charge in [-0.1, -0.05) is 43.3 Å². The zero-order valence-corrected chi connectivity index (χ0v) is 10.8. The Balaban J connectivity index is 2.34. The van der Waals surface area contributed by atoms with Crippen LogP contribution in [0.1, 0.15) is 35.2 Å². The monoisotopic (exact) mass is 243 g/mol. The minimum Gasteiger partial charge on any atom is -0.320 e. The molecule has 0 aliphatic carbocycles. The lowest BCUT2D eigenvalue weighted by Crippen LogP contribution is -2.12. The number of hydrogen-bond donors (Lipinski definition) is 1. The first-order valence-electron chi connectivity index (χ1n) is 6.22. The van der Waals surface area contributed by atoms with E-state index in [0.29, 0.717) is 5.56 Å². The highest BCUT2D eigenvalue weighted by atomic mass is 19.1. The maximum absolute atomic E-state index is 13.5. The van der Waals surface area contributed by atoms with Gasteiger partial charge in [0.25, 0.3) is 0 Å². The predicted molar refractivity (Wildman–Crippen MR) is 73.0 cm³/mol. The maximum atomic E-state index is 13.5. The van der Waals surface area contributed by atoms with Crippen molar-refractivity contribution in [1.29, 1.82) is 0 Å². The molecule has 2 aromatic carbocycles. The van der Waals surface area contributed by atoms with Crippen LogP contribution in [0.2, 0.25) is 0 Å². The lowest BCUT2D eigenvalue weighted by molar-refractivity contribution is 0.614. The van der Waals surface area contributed by atoms with Gasteiger partial charge in [-0.2, -0.15) is 0 Å². The van der Waals surface area contributed by atoms with E-state index >= 15 is 0 Å². The van der Waals surface area contributed by atoms with Gasteiger partial charge in [0.05, 0.1) is 6.04 Å². The Labute approximate surface area is 107 Å². The molecule has 0 aliphatic heterocycles. The molecule has 2 N–H and O–H groups in total. The van der Waals surface area contributed by atoms with Crippen LogP contribution in [0, 0.1) is 12.7 Å². The standard InChI is InChI=1S/C16H18FN/c1-3-12-5-4-6-13(9-12)16(18)14-8-7-11(2)15(17)10-14/h4-10,16H,3,18H2,1-2H3. The fourth-order valence-electron chi connectivity index (χ4n) is 2.00. The third-order valence-electron chi connectivity index (χ3n) is 3.27. The van der Waals surface area contributed by atoms with E-state index in [4.69, 9.17) is 5.73 Å². The van der Waals surface area contributed by atoms with E-state index in [1.807, 2.05) is 18.2 Å². The summed E-state index contributed by atoms with van der Waals surface area (Å²) in [5, 5.41) is 0. The molecule has 0 radical (unpaired) electrons. The maximum Gasteiger partial charge on any atom is 0.126 e. The predicted octanol–water partition coefficient (Wildman–Crippen LogP) is 3.74. The van der Waals surface area contributed by atoms with E-state index in [1.165, 1.54) is 11.6 Å². The van der Waals surface area contributed by atoms with Crippen molar-refractivity contribution in [3.63, 3.8) is 0 Å². The molecule has 0 fully saturated rings. The molecular weight excluding hydrogens is 225 g/mol. The molecule has 2 heteroatoms. The zero-order valence-electron chi connectivity index (χ0n) is 10.8.